The van der Waals surface area contributed by atoms with E-state index in [4.69, 9.17) is 14.2 Å². The number of rotatable bonds is 7. The molecule has 0 saturated carbocycles. The fourth-order valence-electron chi connectivity index (χ4n) is 3.90. The van der Waals surface area contributed by atoms with E-state index in [0.717, 1.165) is 6.07 Å². The second kappa shape index (κ2) is 10.3. The molecule has 10 heteroatoms. The van der Waals surface area contributed by atoms with Gasteiger partial charge >= 0.3 is 6.18 Å². The first-order valence-corrected chi connectivity index (χ1v) is 11.0. The third-order valence-electron chi connectivity index (χ3n) is 5.73. The highest BCUT2D eigenvalue weighted by atomic mass is 19.4. The molecule has 6 nitrogen and oxygen atoms in total. The summed E-state index contributed by atoms with van der Waals surface area (Å²) in [4.78, 5) is 17.9. The number of benzene rings is 3. The minimum absolute atomic E-state index is 0.210. The van der Waals surface area contributed by atoms with E-state index in [9.17, 15) is 22.4 Å². The number of nitrogens with one attached hydrogen (secondary N) is 1. The zero-order valence-corrected chi connectivity index (χ0v) is 20.1. The van der Waals surface area contributed by atoms with Crippen molar-refractivity contribution in [3.63, 3.8) is 0 Å². The minimum atomic E-state index is -4.64. The van der Waals surface area contributed by atoms with Crippen LogP contribution in [0, 0.1) is 5.82 Å². The molecule has 0 aliphatic heterocycles. The molecule has 0 fully saturated rings. The Morgan fingerprint density at radius 1 is 0.919 bits per heavy atom. The largest absolute Gasteiger partial charge is 0.493 e. The van der Waals surface area contributed by atoms with Crippen LogP contribution in [0.3, 0.4) is 0 Å². The van der Waals surface area contributed by atoms with Crippen molar-refractivity contribution in [1.82, 2.24) is 10.3 Å². The Balaban J connectivity index is 1.74. The summed E-state index contributed by atoms with van der Waals surface area (Å²) in [5.41, 5.74) is 0.404. The number of amides is 1. The maximum atomic E-state index is 14.2. The molecule has 3 aromatic carbocycles. The summed E-state index contributed by atoms with van der Waals surface area (Å²) in [6.45, 7) is -0.440. The van der Waals surface area contributed by atoms with Gasteiger partial charge in [-0.3, -0.25) is 4.79 Å². The number of hydrogen-bond acceptors (Lipinski definition) is 5. The third kappa shape index (κ3) is 5.28. The Morgan fingerprint density at radius 2 is 1.59 bits per heavy atom. The number of carbonyl (C=O) groups excluding carboxylic acids is 1. The molecule has 1 amide bonds. The number of hydrogen-bond donors (Lipinski definition) is 1. The topological polar surface area (TPSA) is 69.7 Å². The smallest absolute Gasteiger partial charge is 0.416 e. The molecule has 0 bridgehead atoms. The first kappa shape index (κ1) is 25.7. The molecule has 4 aromatic rings. The minimum Gasteiger partial charge on any atom is -0.493 e. The molecule has 0 spiro atoms. The van der Waals surface area contributed by atoms with Crippen LogP contribution in [0.1, 0.15) is 21.5 Å². The van der Waals surface area contributed by atoms with Gasteiger partial charge in [-0.2, -0.15) is 13.2 Å². The number of para-hydroxylation sites is 1. The van der Waals surface area contributed by atoms with Gasteiger partial charge in [0.15, 0.2) is 11.5 Å². The van der Waals surface area contributed by atoms with Crippen LogP contribution in [0.5, 0.6) is 17.2 Å². The summed E-state index contributed by atoms with van der Waals surface area (Å²) in [5, 5.41) is 3.04. The molecule has 0 atom stereocenters. The number of carbonyl (C=O) groups is 1. The van der Waals surface area contributed by atoms with E-state index in [1.54, 1.807) is 42.5 Å². The number of pyridine rings is 1. The van der Waals surface area contributed by atoms with Gasteiger partial charge in [-0.25, -0.2) is 9.37 Å². The monoisotopic (exact) mass is 514 g/mol. The normalized spacial score (nSPS) is 11.3. The third-order valence-corrected chi connectivity index (χ3v) is 5.73. The summed E-state index contributed by atoms with van der Waals surface area (Å²) in [5.74, 6) is -0.304. The van der Waals surface area contributed by atoms with Crippen molar-refractivity contribution in [2.75, 3.05) is 21.3 Å². The van der Waals surface area contributed by atoms with Gasteiger partial charge < -0.3 is 19.5 Å². The first-order valence-electron chi connectivity index (χ1n) is 11.0. The summed E-state index contributed by atoms with van der Waals surface area (Å²) in [6.07, 6.45) is -4.64. The van der Waals surface area contributed by atoms with Crippen molar-refractivity contribution in [1.29, 1.82) is 0 Å². The van der Waals surface area contributed by atoms with Crippen LogP contribution in [0.15, 0.2) is 60.7 Å². The Morgan fingerprint density at radius 3 is 2.22 bits per heavy atom. The van der Waals surface area contributed by atoms with Gasteiger partial charge in [-0.05, 0) is 42.5 Å². The van der Waals surface area contributed by atoms with Gasteiger partial charge in [0.05, 0.1) is 43.7 Å². The molecule has 0 radical (unpaired) electrons. The fourth-order valence-corrected chi connectivity index (χ4v) is 3.90. The molecule has 1 aromatic heterocycles. The molecule has 37 heavy (non-hydrogen) atoms. The van der Waals surface area contributed by atoms with Crippen molar-refractivity contribution in [2.24, 2.45) is 0 Å². The van der Waals surface area contributed by atoms with E-state index in [1.165, 1.54) is 21.3 Å². The summed E-state index contributed by atoms with van der Waals surface area (Å²) >= 11 is 0. The van der Waals surface area contributed by atoms with E-state index >= 15 is 0 Å². The highest BCUT2D eigenvalue weighted by Gasteiger charge is 2.31. The summed E-state index contributed by atoms with van der Waals surface area (Å²) in [6, 6.07) is 13.9. The first-order chi connectivity index (χ1) is 17.7. The van der Waals surface area contributed by atoms with Crippen molar-refractivity contribution < 1.29 is 36.6 Å². The average molecular weight is 514 g/mol. The number of alkyl halides is 3. The highest BCUT2D eigenvalue weighted by Crippen LogP contribution is 2.41. The van der Waals surface area contributed by atoms with Gasteiger partial charge in [0.25, 0.3) is 5.91 Å². The van der Waals surface area contributed by atoms with Crippen molar-refractivity contribution in [2.45, 2.75) is 12.7 Å². The Bertz CT molecular complexity index is 1450. The van der Waals surface area contributed by atoms with Crippen LogP contribution in [-0.2, 0) is 12.7 Å². The average Bonchev–Trinajstić information content (AvgIpc) is 2.90. The second-order valence-corrected chi connectivity index (χ2v) is 7.97. The molecular formula is C27H22F4N2O4. The molecule has 0 aliphatic carbocycles. The maximum Gasteiger partial charge on any atom is 0.416 e. The Kier molecular flexibility index (Phi) is 7.19. The quantitative estimate of drug-likeness (QED) is 0.306. The summed E-state index contributed by atoms with van der Waals surface area (Å²) < 4.78 is 69.5. The SMILES string of the molecule is COc1cc(-c2cc(C(=O)NCc3cc(C(F)(F)F)ccc3F)c3ccccc3n2)cc(OC)c1OC. The number of nitrogens with zero attached hydrogens (tertiary/aromatic N) is 1. The molecule has 4 rings (SSSR count). The van der Waals surface area contributed by atoms with E-state index in [2.05, 4.69) is 10.3 Å². The van der Waals surface area contributed by atoms with Crippen LogP contribution in [-0.4, -0.2) is 32.2 Å². The highest BCUT2D eigenvalue weighted by molar-refractivity contribution is 6.07. The summed E-state index contributed by atoms with van der Waals surface area (Å²) in [7, 11) is 4.42. The number of fused-ring (bicyclic) bond motifs is 1. The van der Waals surface area contributed by atoms with Gasteiger partial charge in [0.2, 0.25) is 5.75 Å². The molecule has 0 saturated heterocycles. The standard InChI is InChI=1S/C27H22F4N2O4/c1-35-23-11-15(12-24(36-2)25(23)37-3)22-13-19(18-6-4-5-7-21(18)33-22)26(34)32-14-16-10-17(27(29,30)31)8-9-20(16)28/h4-13H,14H2,1-3H3,(H,32,34). The van der Waals surface area contributed by atoms with Crippen LogP contribution in [0.2, 0.25) is 0 Å². The van der Waals surface area contributed by atoms with Crippen LogP contribution in [0.4, 0.5) is 17.6 Å². The predicted molar refractivity (Wildman–Crippen MR) is 129 cm³/mol. The number of aromatic nitrogens is 1. The molecule has 1 heterocycles. The lowest BCUT2D eigenvalue weighted by Crippen LogP contribution is -2.24. The molecule has 0 unspecified atom stereocenters. The number of halogens is 4. The van der Waals surface area contributed by atoms with Gasteiger partial charge in [-0.15, -0.1) is 0 Å². The fraction of sp³-hybridized carbons (Fsp3) is 0.185. The predicted octanol–water partition coefficient (Wildman–Crippen LogP) is 6.02. The van der Waals surface area contributed by atoms with Crippen LogP contribution in [0.25, 0.3) is 22.2 Å². The maximum absolute atomic E-state index is 14.2. The number of methoxy groups -OCH3 is 3. The number of ether oxygens (including phenoxy) is 3. The molecule has 0 aliphatic rings. The Labute approximate surface area is 209 Å². The van der Waals surface area contributed by atoms with E-state index in [-0.39, 0.29) is 11.1 Å². The van der Waals surface area contributed by atoms with Gasteiger partial charge in [-0.1, -0.05) is 18.2 Å². The van der Waals surface area contributed by atoms with Crippen LogP contribution >= 0.6 is 0 Å². The lowest BCUT2D eigenvalue weighted by Gasteiger charge is -2.15. The van der Waals surface area contributed by atoms with Gasteiger partial charge in [0, 0.05) is 23.1 Å². The van der Waals surface area contributed by atoms with Gasteiger partial charge in [0.1, 0.15) is 5.82 Å². The van der Waals surface area contributed by atoms with Crippen LogP contribution < -0.4 is 19.5 Å². The zero-order valence-electron chi connectivity index (χ0n) is 20.1. The van der Waals surface area contributed by atoms with Crippen molar-refractivity contribution >= 4 is 16.8 Å². The van der Waals surface area contributed by atoms with Crippen molar-refractivity contribution in [3.8, 4) is 28.5 Å². The Hall–Kier alpha value is -4.34. The van der Waals surface area contributed by atoms with Crippen molar-refractivity contribution in [3.05, 3.63) is 83.2 Å². The lowest BCUT2D eigenvalue weighted by molar-refractivity contribution is -0.137. The van der Waals surface area contributed by atoms with E-state index < -0.39 is 30.0 Å². The van der Waals surface area contributed by atoms with E-state index in [1.807, 2.05) is 0 Å². The molecule has 192 valence electrons. The molecular weight excluding hydrogens is 492 g/mol. The second-order valence-electron chi connectivity index (χ2n) is 7.97. The van der Waals surface area contributed by atoms with E-state index in [0.29, 0.717) is 51.5 Å². The zero-order chi connectivity index (χ0) is 26.7. The lowest BCUT2D eigenvalue weighted by atomic mass is 10.0. The molecule has 1 N–H and O–H groups in total.